The average Bonchev–Trinajstić information content (AvgIpc) is 3.63. The van der Waals surface area contributed by atoms with Crippen molar-refractivity contribution < 1.29 is 42.9 Å². The summed E-state index contributed by atoms with van der Waals surface area (Å²) in [6, 6.07) is 0. The molecule has 0 N–H and O–H groups in total. The fraction of sp³-hybridized carbons (Fsp3) is 0.857. The molecule has 9 nitrogen and oxygen atoms in total. The predicted molar refractivity (Wildman–Crippen MR) is 366 cm³/mol. The van der Waals surface area contributed by atoms with Gasteiger partial charge < -0.3 is 33.3 Å². The van der Waals surface area contributed by atoms with Crippen molar-refractivity contribution in [2.75, 3.05) is 47.5 Å². The van der Waals surface area contributed by atoms with E-state index in [1.807, 2.05) is 21.1 Å². The van der Waals surface area contributed by atoms with E-state index in [-0.39, 0.29) is 32.2 Å². The summed E-state index contributed by atoms with van der Waals surface area (Å²) < 4.78 is 22.8. The minimum absolute atomic E-state index is 0.151. The zero-order chi connectivity index (χ0) is 62.6. The molecule has 0 heterocycles. The molecular formula is C77H143NO8. The molecule has 0 saturated heterocycles. The van der Waals surface area contributed by atoms with Gasteiger partial charge in [-0.15, -0.1) is 0 Å². The maximum atomic E-state index is 12.9. The Morgan fingerprint density at radius 2 is 0.663 bits per heavy atom. The summed E-state index contributed by atoms with van der Waals surface area (Å²) in [5.41, 5.74) is 0. The molecule has 0 amide bonds. The van der Waals surface area contributed by atoms with Gasteiger partial charge in [-0.25, -0.2) is 0 Å². The van der Waals surface area contributed by atoms with Crippen molar-refractivity contribution in [2.24, 2.45) is 0 Å². The molecular weight excluding hydrogens is 1070 g/mol. The number of unbranched alkanes of at least 4 members (excludes halogenated alkanes) is 47. The zero-order valence-corrected chi connectivity index (χ0v) is 57.7. The number of carbonyl (C=O) groups excluding carboxylic acids is 3. The van der Waals surface area contributed by atoms with Crippen LogP contribution in [0.1, 0.15) is 367 Å². The number of carboxylic acids is 1. The number of carbonyl (C=O) groups is 3. The van der Waals surface area contributed by atoms with Crippen molar-refractivity contribution in [1.82, 2.24) is 0 Å². The third kappa shape index (κ3) is 68.7. The van der Waals surface area contributed by atoms with E-state index in [9.17, 15) is 19.5 Å². The third-order valence-electron chi connectivity index (χ3n) is 16.8. The van der Waals surface area contributed by atoms with Crippen LogP contribution >= 0.6 is 0 Å². The number of aliphatic carboxylic acids is 1. The van der Waals surface area contributed by atoms with E-state index >= 15 is 0 Å². The molecule has 2 atom stereocenters. The van der Waals surface area contributed by atoms with Crippen LogP contribution in [0.5, 0.6) is 0 Å². The first-order valence-corrected chi connectivity index (χ1v) is 37.3. The molecule has 504 valence electrons. The lowest BCUT2D eigenvalue weighted by Crippen LogP contribution is -2.44. The molecule has 0 aromatic carbocycles. The van der Waals surface area contributed by atoms with Crippen LogP contribution in [0.2, 0.25) is 0 Å². The minimum atomic E-state index is -1.62. The number of quaternary nitrogens is 1. The SMILES string of the molecule is CC/C=C\C/C=C\C/C=C\C/C=C\CCCCCCCCCCCCCCCCCCCCCCCCCCCCC(=O)OC(COC(=O)CCCCCCCCCCCCCCCCCCCCCCCC)COC(OCC[N+](C)(C)C)C(=O)[O-]. The van der Waals surface area contributed by atoms with Crippen molar-refractivity contribution in [2.45, 2.75) is 379 Å². The molecule has 9 heteroatoms. The molecule has 0 spiro atoms. The number of esters is 2. The molecule has 2 unspecified atom stereocenters. The minimum Gasteiger partial charge on any atom is -0.545 e. The predicted octanol–water partition coefficient (Wildman–Crippen LogP) is 22.0. The zero-order valence-electron chi connectivity index (χ0n) is 57.7. The molecule has 0 aliphatic rings. The van der Waals surface area contributed by atoms with Crippen LogP contribution in [0.4, 0.5) is 0 Å². The normalized spacial score (nSPS) is 12.9. The molecule has 0 radical (unpaired) electrons. The van der Waals surface area contributed by atoms with Crippen LogP contribution < -0.4 is 5.11 Å². The van der Waals surface area contributed by atoms with Gasteiger partial charge in [0, 0.05) is 12.8 Å². The molecule has 0 saturated carbocycles. The second kappa shape index (κ2) is 68.2. The van der Waals surface area contributed by atoms with Crippen molar-refractivity contribution in [3.05, 3.63) is 48.6 Å². The topological polar surface area (TPSA) is 111 Å². The molecule has 0 aromatic rings. The van der Waals surface area contributed by atoms with E-state index < -0.39 is 24.3 Å². The Bertz CT molecular complexity index is 1550. The monoisotopic (exact) mass is 1210 g/mol. The number of allylic oxidation sites excluding steroid dienone is 8. The third-order valence-corrected chi connectivity index (χ3v) is 16.8. The summed E-state index contributed by atoms with van der Waals surface area (Å²) in [7, 11) is 5.95. The number of hydrogen-bond donors (Lipinski definition) is 0. The number of hydrogen-bond acceptors (Lipinski definition) is 8. The van der Waals surface area contributed by atoms with Crippen molar-refractivity contribution in [3.8, 4) is 0 Å². The summed E-state index contributed by atoms with van der Waals surface area (Å²) in [6.07, 6.45) is 85.1. The maximum Gasteiger partial charge on any atom is 0.306 e. The van der Waals surface area contributed by atoms with Crippen LogP contribution in [0.3, 0.4) is 0 Å². The molecule has 0 aliphatic heterocycles. The van der Waals surface area contributed by atoms with E-state index in [4.69, 9.17) is 18.9 Å². The van der Waals surface area contributed by atoms with Gasteiger partial charge in [0.25, 0.3) is 0 Å². The van der Waals surface area contributed by atoms with Gasteiger partial charge in [-0.2, -0.15) is 0 Å². The van der Waals surface area contributed by atoms with Crippen LogP contribution in [0, 0.1) is 0 Å². The first-order chi connectivity index (χ1) is 42.1. The molecule has 0 aromatic heterocycles. The Balaban J connectivity index is 3.96. The highest BCUT2D eigenvalue weighted by molar-refractivity contribution is 5.70. The van der Waals surface area contributed by atoms with Crippen LogP contribution in [0.25, 0.3) is 0 Å². The number of carboxylic acid groups (broad SMARTS) is 1. The second-order valence-corrected chi connectivity index (χ2v) is 26.6. The Morgan fingerprint density at radius 3 is 0.988 bits per heavy atom. The highest BCUT2D eigenvalue weighted by Gasteiger charge is 2.22. The highest BCUT2D eigenvalue weighted by Crippen LogP contribution is 2.19. The summed E-state index contributed by atoms with van der Waals surface area (Å²) in [5.74, 6) is -2.25. The van der Waals surface area contributed by atoms with E-state index in [1.54, 1.807) is 0 Å². The van der Waals surface area contributed by atoms with Gasteiger partial charge in [0.05, 0.1) is 40.3 Å². The molecule has 0 bridgehead atoms. The summed E-state index contributed by atoms with van der Waals surface area (Å²) in [6.45, 7) is 4.71. The Kier molecular flexibility index (Phi) is 66.0. The fourth-order valence-corrected chi connectivity index (χ4v) is 11.2. The smallest absolute Gasteiger partial charge is 0.306 e. The lowest BCUT2D eigenvalue weighted by Gasteiger charge is -2.26. The van der Waals surface area contributed by atoms with Crippen LogP contribution in [0.15, 0.2) is 48.6 Å². The van der Waals surface area contributed by atoms with Crippen LogP contribution in [-0.4, -0.2) is 82.3 Å². The largest absolute Gasteiger partial charge is 0.545 e. The summed E-state index contributed by atoms with van der Waals surface area (Å²) in [5, 5.41) is 11.8. The van der Waals surface area contributed by atoms with Gasteiger partial charge in [0.2, 0.25) is 0 Å². The molecule has 0 aliphatic carbocycles. The van der Waals surface area contributed by atoms with Gasteiger partial charge in [-0.05, 0) is 51.4 Å². The highest BCUT2D eigenvalue weighted by atomic mass is 16.7. The van der Waals surface area contributed by atoms with Gasteiger partial charge >= 0.3 is 11.9 Å². The van der Waals surface area contributed by atoms with Crippen molar-refractivity contribution in [1.29, 1.82) is 0 Å². The van der Waals surface area contributed by atoms with E-state index in [1.165, 1.54) is 276 Å². The van der Waals surface area contributed by atoms with Crippen molar-refractivity contribution in [3.63, 3.8) is 0 Å². The second-order valence-electron chi connectivity index (χ2n) is 26.6. The van der Waals surface area contributed by atoms with Crippen molar-refractivity contribution >= 4 is 17.9 Å². The van der Waals surface area contributed by atoms with Gasteiger partial charge in [0.15, 0.2) is 12.4 Å². The first-order valence-electron chi connectivity index (χ1n) is 37.3. The average molecular weight is 1210 g/mol. The first kappa shape index (κ1) is 83.2. The number of rotatable bonds is 70. The number of ether oxygens (including phenoxy) is 4. The quantitative estimate of drug-likeness (QED) is 0.0195. The molecule has 86 heavy (non-hydrogen) atoms. The Hall–Kier alpha value is -2.75. The number of likely N-dealkylation sites (N-methyl/N-ethyl adjacent to an activating group) is 1. The molecule has 0 rings (SSSR count). The van der Waals surface area contributed by atoms with Gasteiger partial charge in [-0.1, -0.05) is 351 Å². The van der Waals surface area contributed by atoms with Gasteiger partial charge in [0.1, 0.15) is 13.2 Å². The fourth-order valence-electron chi connectivity index (χ4n) is 11.2. The maximum absolute atomic E-state index is 12.9. The standard InChI is InChI=1S/C77H143NO8/c1-6-8-10-12-14-16-18-20-22-24-26-28-30-31-32-33-34-35-36-37-38-39-40-41-42-43-44-45-46-48-50-52-54-56-58-60-62-64-66-68-75(80)86-73(72-85-77(76(81)82)83-70-69-78(3,4)5)71-84-74(79)67-65-63-61-59-57-55-53-51-49-47-29-27-25-23-21-19-17-15-13-11-9-7-2/h8,10,14,16,20,22,26,28,73,77H,6-7,9,11-13,15,17-19,21,23-25,27,29-72H2,1-5H3/b10-8-,16-14-,22-20-,28-26-. The lowest BCUT2D eigenvalue weighted by atomic mass is 10.0. The van der Waals surface area contributed by atoms with Gasteiger partial charge in [-0.3, -0.25) is 9.59 Å². The van der Waals surface area contributed by atoms with E-state index in [0.29, 0.717) is 17.4 Å². The van der Waals surface area contributed by atoms with Crippen LogP contribution in [-0.2, 0) is 33.3 Å². The summed E-state index contributed by atoms with van der Waals surface area (Å²) >= 11 is 0. The van der Waals surface area contributed by atoms with E-state index in [2.05, 4.69) is 62.5 Å². The van der Waals surface area contributed by atoms with E-state index in [0.717, 1.165) is 64.2 Å². The Morgan fingerprint density at radius 1 is 0.360 bits per heavy atom. The summed E-state index contributed by atoms with van der Waals surface area (Å²) in [4.78, 5) is 37.5. The Labute approximate surface area is 533 Å². The molecule has 0 fully saturated rings. The lowest BCUT2D eigenvalue weighted by molar-refractivity contribution is -0.870. The number of nitrogens with zero attached hydrogens (tertiary/aromatic N) is 1.